The smallest absolute Gasteiger partial charge is 0.256 e. The SMILES string of the molecule is CNc1snc(C)c1C(=O)NCc1ccc(OCc2ccccc2)c(OC)c1. The molecule has 146 valence electrons. The molecule has 0 bridgehead atoms. The number of hydrogen-bond acceptors (Lipinski definition) is 6. The van der Waals surface area contributed by atoms with Crippen LogP contribution in [-0.4, -0.2) is 24.4 Å². The lowest BCUT2D eigenvalue weighted by molar-refractivity contribution is 0.0951. The number of aryl methyl sites for hydroxylation is 1. The molecule has 0 atom stereocenters. The second kappa shape index (κ2) is 9.23. The van der Waals surface area contributed by atoms with Crippen molar-refractivity contribution in [3.05, 3.63) is 70.9 Å². The first kappa shape index (κ1) is 19.7. The molecule has 0 saturated heterocycles. The van der Waals surface area contributed by atoms with Gasteiger partial charge in [-0.25, -0.2) is 0 Å². The summed E-state index contributed by atoms with van der Waals surface area (Å²) < 4.78 is 15.6. The van der Waals surface area contributed by atoms with Crippen molar-refractivity contribution in [2.45, 2.75) is 20.1 Å². The number of nitrogens with one attached hydrogen (secondary N) is 2. The number of methoxy groups -OCH3 is 1. The molecule has 0 aliphatic rings. The van der Waals surface area contributed by atoms with Crippen LogP contribution in [0.15, 0.2) is 48.5 Å². The lowest BCUT2D eigenvalue weighted by Crippen LogP contribution is -2.23. The van der Waals surface area contributed by atoms with E-state index >= 15 is 0 Å². The van der Waals surface area contributed by atoms with Gasteiger partial charge in [0.25, 0.3) is 5.91 Å². The molecular formula is C21H23N3O3S. The number of amides is 1. The number of carbonyl (C=O) groups excluding carboxylic acids is 1. The van der Waals surface area contributed by atoms with Gasteiger partial charge in [-0.05, 0) is 41.7 Å². The van der Waals surface area contributed by atoms with Crippen LogP contribution in [0.4, 0.5) is 5.00 Å². The molecule has 0 aliphatic heterocycles. The zero-order valence-corrected chi connectivity index (χ0v) is 16.9. The highest BCUT2D eigenvalue weighted by atomic mass is 32.1. The second-order valence-electron chi connectivity index (χ2n) is 6.16. The third-order valence-electron chi connectivity index (χ3n) is 4.24. The molecule has 0 spiro atoms. The quantitative estimate of drug-likeness (QED) is 0.601. The molecule has 7 heteroatoms. The van der Waals surface area contributed by atoms with Gasteiger partial charge in [0.15, 0.2) is 11.5 Å². The van der Waals surface area contributed by atoms with Crippen LogP contribution in [0.5, 0.6) is 11.5 Å². The standard InChI is InChI=1S/C21H23N3O3S/c1-14-19(21(22-2)28-24-14)20(25)23-12-16-9-10-17(18(11-16)26-3)27-13-15-7-5-4-6-8-15/h4-11,22H,12-13H2,1-3H3,(H,23,25). The second-order valence-corrected chi connectivity index (χ2v) is 6.94. The van der Waals surface area contributed by atoms with Gasteiger partial charge in [0.05, 0.1) is 18.4 Å². The number of anilines is 1. The molecule has 0 radical (unpaired) electrons. The lowest BCUT2D eigenvalue weighted by Gasteiger charge is -2.13. The fraction of sp³-hybridized carbons (Fsp3) is 0.238. The van der Waals surface area contributed by atoms with E-state index in [0.29, 0.717) is 35.9 Å². The van der Waals surface area contributed by atoms with Gasteiger partial charge < -0.3 is 20.1 Å². The van der Waals surface area contributed by atoms with Crippen LogP contribution in [-0.2, 0) is 13.2 Å². The van der Waals surface area contributed by atoms with Crippen LogP contribution >= 0.6 is 11.5 Å². The maximum Gasteiger partial charge on any atom is 0.256 e. The topological polar surface area (TPSA) is 72.5 Å². The number of hydrogen-bond donors (Lipinski definition) is 2. The molecule has 2 N–H and O–H groups in total. The summed E-state index contributed by atoms with van der Waals surface area (Å²) in [5.74, 6) is 1.14. The Balaban J connectivity index is 1.65. The van der Waals surface area contributed by atoms with Gasteiger partial charge >= 0.3 is 0 Å². The molecule has 2 aromatic carbocycles. The van der Waals surface area contributed by atoms with Gasteiger partial charge in [0, 0.05) is 13.6 Å². The van der Waals surface area contributed by atoms with Gasteiger partial charge in [0.2, 0.25) is 0 Å². The lowest BCUT2D eigenvalue weighted by atomic mass is 10.1. The number of carbonyl (C=O) groups is 1. The molecule has 1 heterocycles. The van der Waals surface area contributed by atoms with E-state index in [-0.39, 0.29) is 5.91 Å². The summed E-state index contributed by atoms with van der Waals surface area (Å²) in [6.45, 7) is 2.67. The third-order valence-corrected chi connectivity index (χ3v) is 5.19. The van der Waals surface area contributed by atoms with Gasteiger partial charge in [0.1, 0.15) is 11.6 Å². The highest BCUT2D eigenvalue weighted by molar-refractivity contribution is 7.10. The summed E-state index contributed by atoms with van der Waals surface area (Å²) in [6.07, 6.45) is 0. The van der Waals surface area contributed by atoms with Gasteiger partial charge in [-0.3, -0.25) is 4.79 Å². The maximum atomic E-state index is 12.5. The van der Waals surface area contributed by atoms with Crippen LogP contribution in [0.1, 0.15) is 27.2 Å². The summed E-state index contributed by atoms with van der Waals surface area (Å²) >= 11 is 1.28. The van der Waals surface area contributed by atoms with Gasteiger partial charge in [-0.2, -0.15) is 4.37 Å². The Labute approximate surface area is 168 Å². The van der Waals surface area contributed by atoms with Crippen LogP contribution in [0.2, 0.25) is 0 Å². The molecule has 1 aromatic heterocycles. The van der Waals surface area contributed by atoms with Crippen molar-refractivity contribution in [3.63, 3.8) is 0 Å². The average Bonchev–Trinajstić information content (AvgIpc) is 3.12. The predicted molar refractivity (Wildman–Crippen MR) is 111 cm³/mol. The first-order chi connectivity index (χ1) is 13.6. The minimum absolute atomic E-state index is 0.154. The monoisotopic (exact) mass is 397 g/mol. The molecule has 6 nitrogen and oxygen atoms in total. The minimum atomic E-state index is -0.154. The Bertz CT molecular complexity index is 941. The molecule has 0 unspecified atom stereocenters. The van der Waals surface area contributed by atoms with Crippen molar-refractivity contribution in [2.75, 3.05) is 19.5 Å². The minimum Gasteiger partial charge on any atom is -0.493 e. The normalized spacial score (nSPS) is 10.4. The zero-order chi connectivity index (χ0) is 19.9. The Kier molecular flexibility index (Phi) is 6.49. The number of benzene rings is 2. The molecule has 28 heavy (non-hydrogen) atoms. The van der Waals surface area contributed by atoms with Gasteiger partial charge in [-0.15, -0.1) is 0 Å². The molecule has 0 fully saturated rings. The molecule has 1 amide bonds. The average molecular weight is 398 g/mol. The highest BCUT2D eigenvalue weighted by Crippen LogP contribution is 2.29. The summed E-state index contributed by atoms with van der Waals surface area (Å²) in [5, 5.41) is 6.71. The number of aromatic nitrogens is 1. The van der Waals surface area contributed by atoms with Crippen LogP contribution in [0.25, 0.3) is 0 Å². The number of rotatable bonds is 8. The van der Waals surface area contributed by atoms with E-state index in [1.165, 1.54) is 11.5 Å². The number of ether oxygens (including phenoxy) is 2. The van der Waals surface area contributed by atoms with E-state index in [1.54, 1.807) is 14.2 Å². The van der Waals surface area contributed by atoms with E-state index in [0.717, 1.165) is 16.1 Å². The Morgan fingerprint density at radius 2 is 1.89 bits per heavy atom. The molecule has 0 saturated carbocycles. The Morgan fingerprint density at radius 1 is 1.11 bits per heavy atom. The Morgan fingerprint density at radius 3 is 2.61 bits per heavy atom. The van der Waals surface area contributed by atoms with E-state index in [9.17, 15) is 4.79 Å². The summed E-state index contributed by atoms with van der Waals surface area (Å²) in [5.41, 5.74) is 3.31. The van der Waals surface area contributed by atoms with Crippen molar-refractivity contribution < 1.29 is 14.3 Å². The predicted octanol–water partition coefficient (Wildman–Crippen LogP) is 4.01. The van der Waals surface area contributed by atoms with Crippen LogP contribution in [0.3, 0.4) is 0 Å². The van der Waals surface area contributed by atoms with Crippen molar-refractivity contribution in [2.24, 2.45) is 0 Å². The van der Waals surface area contributed by atoms with Gasteiger partial charge in [-0.1, -0.05) is 36.4 Å². The molecule has 0 aliphatic carbocycles. The molecule has 3 aromatic rings. The number of nitrogens with zero attached hydrogens (tertiary/aromatic N) is 1. The summed E-state index contributed by atoms with van der Waals surface area (Å²) in [7, 11) is 3.38. The largest absolute Gasteiger partial charge is 0.493 e. The zero-order valence-electron chi connectivity index (χ0n) is 16.1. The van der Waals surface area contributed by atoms with Crippen LogP contribution < -0.4 is 20.1 Å². The maximum absolute atomic E-state index is 12.5. The van der Waals surface area contributed by atoms with Crippen molar-refractivity contribution >= 4 is 22.4 Å². The van der Waals surface area contributed by atoms with Crippen LogP contribution in [0, 0.1) is 6.92 Å². The molecule has 3 rings (SSSR count). The first-order valence-electron chi connectivity index (χ1n) is 8.88. The van der Waals surface area contributed by atoms with E-state index < -0.39 is 0 Å². The summed E-state index contributed by atoms with van der Waals surface area (Å²) in [4.78, 5) is 12.5. The first-order valence-corrected chi connectivity index (χ1v) is 9.65. The van der Waals surface area contributed by atoms with Crippen molar-refractivity contribution in [3.8, 4) is 11.5 Å². The van der Waals surface area contributed by atoms with E-state index in [2.05, 4.69) is 15.0 Å². The fourth-order valence-corrected chi connectivity index (χ4v) is 3.50. The van der Waals surface area contributed by atoms with E-state index in [1.807, 2.05) is 55.5 Å². The Hall–Kier alpha value is -3.06. The summed E-state index contributed by atoms with van der Waals surface area (Å²) in [6, 6.07) is 15.6. The van der Waals surface area contributed by atoms with Crippen molar-refractivity contribution in [1.82, 2.24) is 9.69 Å². The highest BCUT2D eigenvalue weighted by Gasteiger charge is 2.17. The van der Waals surface area contributed by atoms with Crippen molar-refractivity contribution in [1.29, 1.82) is 0 Å². The third kappa shape index (κ3) is 4.61. The fourth-order valence-electron chi connectivity index (χ4n) is 2.76. The van der Waals surface area contributed by atoms with E-state index in [4.69, 9.17) is 9.47 Å². The molecular weight excluding hydrogens is 374 g/mol.